The van der Waals surface area contributed by atoms with Gasteiger partial charge in [-0.25, -0.2) is 0 Å². The van der Waals surface area contributed by atoms with Crippen molar-refractivity contribution in [3.8, 4) is 5.75 Å². The van der Waals surface area contributed by atoms with Gasteiger partial charge < -0.3 is 14.9 Å². The SMILES string of the molecule is COc1cc(C)cc(C)c1C(N)c1ccoc1. The summed E-state index contributed by atoms with van der Waals surface area (Å²) in [6.07, 6.45) is 3.30. The van der Waals surface area contributed by atoms with Crippen molar-refractivity contribution in [3.05, 3.63) is 53.0 Å². The quantitative estimate of drug-likeness (QED) is 0.883. The zero-order valence-corrected chi connectivity index (χ0v) is 10.4. The van der Waals surface area contributed by atoms with Crippen molar-refractivity contribution in [3.63, 3.8) is 0 Å². The Kier molecular flexibility index (Phi) is 3.20. The van der Waals surface area contributed by atoms with Crippen molar-refractivity contribution in [2.24, 2.45) is 5.73 Å². The van der Waals surface area contributed by atoms with Crippen molar-refractivity contribution in [2.75, 3.05) is 7.11 Å². The molecule has 0 aliphatic rings. The van der Waals surface area contributed by atoms with Crippen LogP contribution in [0.15, 0.2) is 35.1 Å². The lowest BCUT2D eigenvalue weighted by Crippen LogP contribution is -2.14. The molecule has 1 aromatic heterocycles. The van der Waals surface area contributed by atoms with Gasteiger partial charge in [-0.3, -0.25) is 0 Å². The molecule has 3 nitrogen and oxygen atoms in total. The van der Waals surface area contributed by atoms with Gasteiger partial charge in [0.15, 0.2) is 0 Å². The molecule has 17 heavy (non-hydrogen) atoms. The molecule has 1 aromatic carbocycles. The first-order valence-corrected chi connectivity index (χ1v) is 5.56. The van der Waals surface area contributed by atoms with Crippen LogP contribution in [0.1, 0.15) is 28.3 Å². The number of ether oxygens (including phenoxy) is 1. The number of hydrogen-bond donors (Lipinski definition) is 1. The van der Waals surface area contributed by atoms with Crippen LogP contribution in [0.25, 0.3) is 0 Å². The highest BCUT2D eigenvalue weighted by Gasteiger charge is 2.17. The Morgan fingerprint density at radius 3 is 2.65 bits per heavy atom. The highest BCUT2D eigenvalue weighted by molar-refractivity contribution is 5.47. The van der Waals surface area contributed by atoms with Crippen molar-refractivity contribution in [1.29, 1.82) is 0 Å². The Morgan fingerprint density at radius 2 is 2.06 bits per heavy atom. The molecule has 1 unspecified atom stereocenters. The van der Waals surface area contributed by atoms with Crippen molar-refractivity contribution in [2.45, 2.75) is 19.9 Å². The Labute approximate surface area is 101 Å². The predicted octanol–water partition coefficient (Wildman–Crippen LogP) is 2.95. The molecule has 1 heterocycles. The molecule has 0 radical (unpaired) electrons. The standard InChI is InChI=1S/C14H17NO2/c1-9-6-10(2)13(12(7-9)16-3)14(15)11-4-5-17-8-11/h4-8,14H,15H2,1-3H3. The molecule has 0 aliphatic carbocycles. The average molecular weight is 231 g/mol. The summed E-state index contributed by atoms with van der Waals surface area (Å²) in [7, 11) is 1.67. The molecule has 0 aliphatic heterocycles. The van der Waals surface area contributed by atoms with Crippen LogP contribution in [0.3, 0.4) is 0 Å². The smallest absolute Gasteiger partial charge is 0.124 e. The second kappa shape index (κ2) is 4.63. The maximum absolute atomic E-state index is 6.25. The summed E-state index contributed by atoms with van der Waals surface area (Å²) in [4.78, 5) is 0. The number of rotatable bonds is 3. The van der Waals surface area contributed by atoms with Crippen molar-refractivity contribution >= 4 is 0 Å². The maximum Gasteiger partial charge on any atom is 0.124 e. The minimum atomic E-state index is -0.218. The molecule has 0 fully saturated rings. The highest BCUT2D eigenvalue weighted by atomic mass is 16.5. The van der Waals surface area contributed by atoms with Gasteiger partial charge in [-0.05, 0) is 37.1 Å². The number of furan rings is 1. The monoisotopic (exact) mass is 231 g/mol. The van der Waals surface area contributed by atoms with Crippen LogP contribution >= 0.6 is 0 Å². The van der Waals surface area contributed by atoms with E-state index in [-0.39, 0.29) is 6.04 Å². The second-order valence-corrected chi connectivity index (χ2v) is 4.23. The second-order valence-electron chi connectivity index (χ2n) is 4.23. The van der Waals surface area contributed by atoms with E-state index in [0.29, 0.717) is 0 Å². The molecule has 2 rings (SSSR count). The van der Waals surface area contributed by atoms with E-state index in [1.807, 2.05) is 26.0 Å². The molecular weight excluding hydrogens is 214 g/mol. The third-order valence-electron chi connectivity index (χ3n) is 2.93. The first kappa shape index (κ1) is 11.7. The molecule has 0 spiro atoms. The van der Waals surface area contributed by atoms with Gasteiger partial charge in [0.2, 0.25) is 0 Å². The van der Waals surface area contributed by atoms with E-state index >= 15 is 0 Å². The van der Waals surface area contributed by atoms with Crippen molar-refractivity contribution < 1.29 is 9.15 Å². The Morgan fingerprint density at radius 1 is 1.29 bits per heavy atom. The topological polar surface area (TPSA) is 48.4 Å². The highest BCUT2D eigenvalue weighted by Crippen LogP contribution is 2.32. The molecule has 0 amide bonds. The van der Waals surface area contributed by atoms with Crippen LogP contribution in [-0.4, -0.2) is 7.11 Å². The van der Waals surface area contributed by atoms with E-state index in [1.165, 1.54) is 5.56 Å². The fourth-order valence-corrected chi connectivity index (χ4v) is 2.13. The predicted molar refractivity (Wildman–Crippen MR) is 67.2 cm³/mol. The van der Waals surface area contributed by atoms with Gasteiger partial charge in [-0.2, -0.15) is 0 Å². The summed E-state index contributed by atoms with van der Waals surface area (Å²) in [6.45, 7) is 4.09. The third-order valence-corrected chi connectivity index (χ3v) is 2.93. The van der Waals surface area contributed by atoms with Gasteiger partial charge in [-0.1, -0.05) is 6.07 Å². The minimum Gasteiger partial charge on any atom is -0.496 e. The van der Waals surface area contributed by atoms with Gasteiger partial charge in [0.25, 0.3) is 0 Å². The first-order chi connectivity index (χ1) is 8.13. The number of aryl methyl sites for hydroxylation is 2. The van der Waals surface area contributed by atoms with Gasteiger partial charge >= 0.3 is 0 Å². The van der Waals surface area contributed by atoms with Crippen LogP contribution < -0.4 is 10.5 Å². The van der Waals surface area contributed by atoms with Gasteiger partial charge in [0.05, 0.1) is 25.7 Å². The number of methoxy groups -OCH3 is 1. The van der Waals surface area contributed by atoms with Gasteiger partial charge in [0.1, 0.15) is 5.75 Å². The van der Waals surface area contributed by atoms with E-state index in [0.717, 1.165) is 22.4 Å². The lowest BCUT2D eigenvalue weighted by Gasteiger charge is -2.18. The largest absolute Gasteiger partial charge is 0.496 e. The zero-order chi connectivity index (χ0) is 12.4. The zero-order valence-electron chi connectivity index (χ0n) is 10.4. The normalized spacial score (nSPS) is 12.5. The maximum atomic E-state index is 6.25. The lowest BCUT2D eigenvalue weighted by molar-refractivity contribution is 0.407. The van der Waals surface area contributed by atoms with Crippen LogP contribution in [0.5, 0.6) is 5.75 Å². The summed E-state index contributed by atoms with van der Waals surface area (Å²) in [5, 5.41) is 0. The van der Waals surface area contributed by atoms with E-state index in [9.17, 15) is 0 Å². The fourth-order valence-electron chi connectivity index (χ4n) is 2.13. The van der Waals surface area contributed by atoms with Crippen LogP contribution in [0.4, 0.5) is 0 Å². The van der Waals surface area contributed by atoms with Crippen LogP contribution in [0, 0.1) is 13.8 Å². The molecule has 0 bridgehead atoms. The van der Waals surface area contributed by atoms with E-state index in [4.69, 9.17) is 14.9 Å². The van der Waals surface area contributed by atoms with E-state index < -0.39 is 0 Å². The Bertz CT molecular complexity index is 503. The van der Waals surface area contributed by atoms with Crippen molar-refractivity contribution in [1.82, 2.24) is 0 Å². The molecule has 90 valence electrons. The minimum absolute atomic E-state index is 0.218. The summed E-state index contributed by atoms with van der Waals surface area (Å²) >= 11 is 0. The molecule has 3 heteroatoms. The molecule has 0 saturated carbocycles. The summed E-state index contributed by atoms with van der Waals surface area (Å²) in [5.74, 6) is 0.830. The third kappa shape index (κ3) is 2.19. The number of hydrogen-bond acceptors (Lipinski definition) is 3. The molecule has 1 atom stereocenters. The molecule has 0 saturated heterocycles. The van der Waals surface area contributed by atoms with E-state index in [2.05, 4.69) is 6.07 Å². The fraction of sp³-hybridized carbons (Fsp3) is 0.286. The summed E-state index contributed by atoms with van der Waals surface area (Å²) in [6, 6.07) is 5.77. The lowest BCUT2D eigenvalue weighted by atomic mass is 9.95. The number of benzene rings is 1. The van der Waals surface area contributed by atoms with Gasteiger partial charge in [-0.15, -0.1) is 0 Å². The molecule has 2 aromatic rings. The Hall–Kier alpha value is -1.74. The molecular formula is C14H17NO2. The van der Waals surface area contributed by atoms with Crippen LogP contribution in [-0.2, 0) is 0 Å². The Balaban J connectivity index is 2.51. The summed E-state index contributed by atoms with van der Waals surface area (Å²) < 4.78 is 10.5. The van der Waals surface area contributed by atoms with E-state index in [1.54, 1.807) is 19.6 Å². The van der Waals surface area contributed by atoms with Crippen LogP contribution in [0.2, 0.25) is 0 Å². The average Bonchev–Trinajstić information content (AvgIpc) is 2.80. The van der Waals surface area contributed by atoms with Gasteiger partial charge in [0, 0.05) is 11.1 Å². The number of nitrogens with two attached hydrogens (primary N) is 1. The summed E-state index contributed by atoms with van der Waals surface area (Å²) in [5.41, 5.74) is 10.5. The first-order valence-electron chi connectivity index (χ1n) is 5.56. The molecule has 2 N–H and O–H groups in total.